The second kappa shape index (κ2) is 5.48. The van der Waals surface area contributed by atoms with Crippen LogP contribution >= 0.6 is 0 Å². The predicted molar refractivity (Wildman–Crippen MR) is 70.9 cm³/mol. The molecule has 0 saturated carbocycles. The molecule has 1 aromatic carbocycles. The molecule has 0 fully saturated rings. The van der Waals surface area contributed by atoms with Crippen molar-refractivity contribution < 1.29 is 9.18 Å². The first-order valence-electron chi connectivity index (χ1n) is 5.85. The topological polar surface area (TPSA) is 68.0 Å². The van der Waals surface area contributed by atoms with Crippen LogP contribution in [0.15, 0.2) is 42.6 Å². The van der Waals surface area contributed by atoms with Gasteiger partial charge in [-0.15, -0.1) is 0 Å². The van der Waals surface area contributed by atoms with Gasteiger partial charge in [-0.1, -0.05) is 18.2 Å². The number of benzene rings is 1. The molecule has 19 heavy (non-hydrogen) atoms. The summed E-state index contributed by atoms with van der Waals surface area (Å²) in [6.45, 7) is 1.70. The Morgan fingerprint density at radius 1 is 1.32 bits per heavy atom. The van der Waals surface area contributed by atoms with Gasteiger partial charge in [-0.3, -0.25) is 4.79 Å². The molecule has 98 valence electrons. The van der Waals surface area contributed by atoms with Gasteiger partial charge in [0.05, 0.1) is 11.7 Å². The van der Waals surface area contributed by atoms with Gasteiger partial charge in [-0.05, 0) is 25.1 Å². The van der Waals surface area contributed by atoms with E-state index in [1.807, 2.05) is 0 Å². The second-order valence-corrected chi connectivity index (χ2v) is 4.16. The van der Waals surface area contributed by atoms with Crippen molar-refractivity contribution in [3.63, 3.8) is 0 Å². The molecule has 1 unspecified atom stereocenters. The van der Waals surface area contributed by atoms with Crippen molar-refractivity contribution in [2.24, 2.45) is 0 Å². The molecule has 0 bridgehead atoms. The number of aromatic nitrogens is 1. The van der Waals surface area contributed by atoms with Crippen molar-refractivity contribution >= 4 is 11.6 Å². The Balaban J connectivity index is 2.16. The molecule has 0 radical (unpaired) electrons. The van der Waals surface area contributed by atoms with Crippen LogP contribution < -0.4 is 11.1 Å². The van der Waals surface area contributed by atoms with Crippen molar-refractivity contribution in [2.75, 3.05) is 5.73 Å². The van der Waals surface area contributed by atoms with Crippen LogP contribution in [0.4, 0.5) is 10.1 Å². The number of carbonyl (C=O) groups is 1. The minimum absolute atomic E-state index is 0.144. The molecule has 5 heteroatoms. The van der Waals surface area contributed by atoms with Crippen LogP contribution in [0.2, 0.25) is 0 Å². The summed E-state index contributed by atoms with van der Waals surface area (Å²) in [6.07, 6.45) is 1.49. The maximum absolute atomic E-state index is 13.6. The van der Waals surface area contributed by atoms with E-state index in [4.69, 9.17) is 5.73 Å². The molecule has 4 nitrogen and oxygen atoms in total. The minimum atomic E-state index is -0.463. The number of halogens is 1. The van der Waals surface area contributed by atoms with Gasteiger partial charge in [0.25, 0.3) is 5.91 Å². The summed E-state index contributed by atoms with van der Waals surface area (Å²) in [5.74, 6) is -0.779. The smallest absolute Gasteiger partial charge is 0.272 e. The van der Waals surface area contributed by atoms with Crippen molar-refractivity contribution in [2.45, 2.75) is 13.0 Å². The van der Waals surface area contributed by atoms with E-state index >= 15 is 0 Å². The average Bonchev–Trinajstić information content (AvgIpc) is 2.39. The predicted octanol–water partition coefficient (Wildman–Crippen LogP) is 2.29. The lowest BCUT2D eigenvalue weighted by Gasteiger charge is -2.15. The van der Waals surface area contributed by atoms with Crippen LogP contribution in [0.3, 0.4) is 0 Å². The van der Waals surface area contributed by atoms with Gasteiger partial charge in [-0.25, -0.2) is 9.37 Å². The normalized spacial score (nSPS) is 11.9. The van der Waals surface area contributed by atoms with Gasteiger partial charge < -0.3 is 11.1 Å². The summed E-state index contributed by atoms with van der Waals surface area (Å²) in [5.41, 5.74) is 6.53. The Bertz CT molecular complexity index is 601. The lowest BCUT2D eigenvalue weighted by molar-refractivity contribution is 0.0935. The lowest BCUT2D eigenvalue weighted by atomic mass is 10.1. The molecule has 3 N–H and O–H groups in total. The highest BCUT2D eigenvalue weighted by Gasteiger charge is 2.16. The Labute approximate surface area is 110 Å². The fourth-order valence-electron chi connectivity index (χ4n) is 1.78. The van der Waals surface area contributed by atoms with E-state index in [0.717, 1.165) is 0 Å². The molecule has 2 aromatic rings. The van der Waals surface area contributed by atoms with E-state index in [2.05, 4.69) is 10.3 Å². The van der Waals surface area contributed by atoms with Crippen LogP contribution in [0.25, 0.3) is 0 Å². The summed E-state index contributed by atoms with van der Waals surface area (Å²) in [6, 6.07) is 9.08. The van der Waals surface area contributed by atoms with Crippen LogP contribution in [-0.2, 0) is 0 Å². The van der Waals surface area contributed by atoms with Crippen LogP contribution in [-0.4, -0.2) is 10.9 Å². The highest BCUT2D eigenvalue weighted by Crippen LogP contribution is 2.17. The maximum atomic E-state index is 13.6. The van der Waals surface area contributed by atoms with Crippen LogP contribution in [0.5, 0.6) is 0 Å². The largest absolute Gasteiger partial charge is 0.397 e. The number of carbonyl (C=O) groups excluding carboxylic acids is 1. The molecule has 0 aliphatic rings. The summed E-state index contributed by atoms with van der Waals surface area (Å²) in [5, 5.41) is 2.67. The summed E-state index contributed by atoms with van der Waals surface area (Å²) in [7, 11) is 0. The van der Waals surface area contributed by atoms with Crippen LogP contribution in [0, 0.1) is 5.82 Å². The first-order chi connectivity index (χ1) is 9.09. The number of nitrogen functional groups attached to an aromatic ring is 1. The molecule has 0 spiro atoms. The van der Waals surface area contributed by atoms with E-state index < -0.39 is 11.9 Å². The van der Waals surface area contributed by atoms with E-state index in [9.17, 15) is 9.18 Å². The van der Waals surface area contributed by atoms with Gasteiger partial charge in [0.2, 0.25) is 0 Å². The fraction of sp³-hybridized carbons (Fsp3) is 0.143. The zero-order valence-electron chi connectivity index (χ0n) is 10.4. The monoisotopic (exact) mass is 259 g/mol. The van der Waals surface area contributed by atoms with Gasteiger partial charge in [-0.2, -0.15) is 0 Å². The molecule has 0 aliphatic carbocycles. The third-order valence-corrected chi connectivity index (χ3v) is 2.77. The molecule has 0 aliphatic heterocycles. The minimum Gasteiger partial charge on any atom is -0.397 e. The van der Waals surface area contributed by atoms with Gasteiger partial charge in [0.1, 0.15) is 5.82 Å². The Hall–Kier alpha value is -2.43. The molecule has 1 aromatic heterocycles. The molecule has 2 rings (SSSR count). The highest BCUT2D eigenvalue weighted by atomic mass is 19.1. The molecule has 1 heterocycles. The summed E-state index contributed by atoms with van der Waals surface area (Å²) < 4.78 is 13.6. The number of nitrogens with two attached hydrogens (primary N) is 1. The Kier molecular flexibility index (Phi) is 3.75. The third-order valence-electron chi connectivity index (χ3n) is 2.77. The molecular formula is C14H14FN3O. The molecule has 1 atom stereocenters. The quantitative estimate of drug-likeness (QED) is 0.888. The number of hydrogen-bond donors (Lipinski definition) is 2. The molecular weight excluding hydrogens is 245 g/mol. The van der Waals surface area contributed by atoms with Crippen LogP contribution in [0.1, 0.15) is 29.0 Å². The Morgan fingerprint density at radius 3 is 2.74 bits per heavy atom. The number of nitrogens with zero attached hydrogens (tertiary/aromatic N) is 1. The maximum Gasteiger partial charge on any atom is 0.272 e. The number of amides is 1. The number of pyridine rings is 1. The zero-order valence-corrected chi connectivity index (χ0v) is 10.4. The summed E-state index contributed by atoms with van der Waals surface area (Å²) in [4.78, 5) is 15.9. The van der Waals surface area contributed by atoms with Crippen molar-refractivity contribution in [3.05, 3.63) is 59.7 Å². The first kappa shape index (κ1) is 13.0. The van der Waals surface area contributed by atoms with E-state index in [-0.39, 0.29) is 11.5 Å². The molecule has 1 amide bonds. The average molecular weight is 259 g/mol. The van der Waals surface area contributed by atoms with E-state index in [1.54, 1.807) is 37.3 Å². The molecule has 0 saturated heterocycles. The lowest BCUT2D eigenvalue weighted by Crippen LogP contribution is -2.28. The van der Waals surface area contributed by atoms with E-state index in [0.29, 0.717) is 11.3 Å². The zero-order chi connectivity index (χ0) is 13.8. The second-order valence-electron chi connectivity index (χ2n) is 4.16. The number of hydrogen-bond acceptors (Lipinski definition) is 3. The number of nitrogens with one attached hydrogen (secondary N) is 1. The van der Waals surface area contributed by atoms with Crippen molar-refractivity contribution in [3.8, 4) is 0 Å². The van der Waals surface area contributed by atoms with E-state index in [1.165, 1.54) is 12.3 Å². The number of rotatable bonds is 3. The van der Waals surface area contributed by atoms with Gasteiger partial charge >= 0.3 is 0 Å². The first-order valence-corrected chi connectivity index (χ1v) is 5.85. The van der Waals surface area contributed by atoms with Crippen molar-refractivity contribution in [1.29, 1.82) is 0 Å². The van der Waals surface area contributed by atoms with Crippen molar-refractivity contribution in [1.82, 2.24) is 10.3 Å². The standard InChI is InChI=1S/C14H14FN3O/c1-9(10-5-2-3-6-11(10)15)18-14(19)13-12(16)7-4-8-17-13/h2-9H,16H2,1H3,(H,18,19). The Morgan fingerprint density at radius 2 is 2.05 bits per heavy atom. The van der Waals surface area contributed by atoms with Gasteiger partial charge in [0, 0.05) is 11.8 Å². The highest BCUT2D eigenvalue weighted by molar-refractivity contribution is 5.97. The number of anilines is 1. The SMILES string of the molecule is CC(NC(=O)c1ncccc1N)c1ccccc1F. The van der Waals surface area contributed by atoms with Gasteiger partial charge in [0.15, 0.2) is 5.69 Å². The fourth-order valence-corrected chi connectivity index (χ4v) is 1.78. The third kappa shape index (κ3) is 2.88. The summed E-state index contributed by atoms with van der Waals surface area (Å²) >= 11 is 0.